The number of H-pyrrole nitrogens is 1. The lowest BCUT2D eigenvalue weighted by atomic mass is 9.90. The average molecular weight is 345 g/mol. The lowest BCUT2D eigenvalue weighted by molar-refractivity contribution is -0.146. The second-order valence-corrected chi connectivity index (χ2v) is 7.66. The van der Waals surface area contributed by atoms with Gasteiger partial charge in [0.1, 0.15) is 0 Å². The van der Waals surface area contributed by atoms with Crippen LogP contribution in [0.5, 0.6) is 0 Å². The van der Waals surface area contributed by atoms with Crippen LogP contribution in [0.2, 0.25) is 0 Å². The molecule has 2 aromatic rings. The Labute approximate surface area is 146 Å². The molecule has 1 aliphatic carbocycles. The smallest absolute Gasteiger partial charge is 0.233 e. The number of rotatable bonds is 3. The van der Waals surface area contributed by atoms with Crippen LogP contribution in [0.1, 0.15) is 31.2 Å². The molecule has 2 heterocycles. The first-order valence-corrected chi connectivity index (χ1v) is 9.69. The highest BCUT2D eigenvalue weighted by Gasteiger charge is 2.36. The summed E-state index contributed by atoms with van der Waals surface area (Å²) in [6.45, 7) is 3.46. The third-order valence-corrected chi connectivity index (χ3v) is 5.86. The standard InChI is InChI=1S/C18H23N3O2S/c1-12-6-7-13-14(10-12)20-18(19-13)24-11-17(22)21-8-9-23-16-5-3-2-4-15(16)21/h6-7,10,15-16H,2-5,8-9,11H2,1H3,(H,19,20)/t15-,16-/m0/s1. The largest absolute Gasteiger partial charge is 0.374 e. The van der Waals surface area contributed by atoms with Gasteiger partial charge in [-0.15, -0.1) is 0 Å². The van der Waals surface area contributed by atoms with E-state index in [1.165, 1.54) is 30.2 Å². The van der Waals surface area contributed by atoms with Crippen LogP contribution in [0.15, 0.2) is 23.4 Å². The summed E-state index contributed by atoms with van der Waals surface area (Å²) < 4.78 is 5.86. The van der Waals surface area contributed by atoms with Crippen LogP contribution in [0.4, 0.5) is 0 Å². The molecule has 0 unspecified atom stereocenters. The van der Waals surface area contributed by atoms with Crippen molar-refractivity contribution in [3.05, 3.63) is 23.8 Å². The number of hydrogen-bond acceptors (Lipinski definition) is 4. The van der Waals surface area contributed by atoms with Crippen molar-refractivity contribution in [2.75, 3.05) is 18.9 Å². The van der Waals surface area contributed by atoms with Crippen LogP contribution in [-0.4, -0.2) is 51.8 Å². The van der Waals surface area contributed by atoms with E-state index in [0.29, 0.717) is 12.4 Å². The molecule has 2 fully saturated rings. The number of ether oxygens (including phenoxy) is 1. The molecule has 1 aromatic carbocycles. The molecule has 1 saturated carbocycles. The number of thioether (sulfide) groups is 1. The summed E-state index contributed by atoms with van der Waals surface area (Å²) >= 11 is 1.49. The molecule has 1 saturated heterocycles. The molecule has 0 radical (unpaired) electrons. The second kappa shape index (κ2) is 6.76. The van der Waals surface area contributed by atoms with E-state index in [4.69, 9.17) is 4.74 Å². The lowest BCUT2D eigenvalue weighted by Crippen LogP contribution is -2.55. The minimum atomic E-state index is 0.205. The van der Waals surface area contributed by atoms with Crippen LogP contribution in [-0.2, 0) is 9.53 Å². The van der Waals surface area contributed by atoms with Gasteiger partial charge < -0.3 is 14.6 Å². The van der Waals surface area contributed by atoms with Crippen molar-refractivity contribution in [1.29, 1.82) is 0 Å². The molecule has 1 aromatic heterocycles. The molecule has 1 N–H and O–H groups in total. The molecule has 2 atom stereocenters. The summed E-state index contributed by atoms with van der Waals surface area (Å²) in [7, 11) is 0. The second-order valence-electron chi connectivity index (χ2n) is 6.70. The number of aromatic nitrogens is 2. The number of morpholine rings is 1. The molecule has 4 rings (SSSR count). The predicted octanol–water partition coefficient (Wildman–Crippen LogP) is 3.13. The zero-order valence-corrected chi connectivity index (χ0v) is 14.8. The van der Waals surface area contributed by atoms with E-state index >= 15 is 0 Å². The summed E-state index contributed by atoms with van der Waals surface area (Å²) in [4.78, 5) is 22.6. The van der Waals surface area contributed by atoms with Gasteiger partial charge in [-0.2, -0.15) is 0 Å². The van der Waals surface area contributed by atoms with E-state index < -0.39 is 0 Å². The maximum absolute atomic E-state index is 12.7. The fraction of sp³-hybridized carbons (Fsp3) is 0.556. The van der Waals surface area contributed by atoms with Gasteiger partial charge in [-0.25, -0.2) is 4.98 Å². The maximum Gasteiger partial charge on any atom is 0.233 e. The van der Waals surface area contributed by atoms with E-state index in [2.05, 4.69) is 29.0 Å². The summed E-state index contributed by atoms with van der Waals surface area (Å²) in [5, 5.41) is 0.817. The van der Waals surface area contributed by atoms with Crippen LogP contribution >= 0.6 is 11.8 Å². The number of benzene rings is 1. The molecule has 24 heavy (non-hydrogen) atoms. The first-order chi connectivity index (χ1) is 11.7. The zero-order chi connectivity index (χ0) is 16.5. The number of amides is 1. The Morgan fingerprint density at radius 1 is 1.42 bits per heavy atom. The molecule has 1 amide bonds. The highest BCUT2D eigenvalue weighted by molar-refractivity contribution is 7.99. The molecular weight excluding hydrogens is 322 g/mol. The number of fused-ring (bicyclic) bond motifs is 2. The summed E-state index contributed by atoms with van der Waals surface area (Å²) in [6.07, 6.45) is 4.83. The van der Waals surface area contributed by atoms with Crippen molar-refractivity contribution < 1.29 is 9.53 Å². The van der Waals surface area contributed by atoms with Crippen molar-refractivity contribution in [3.8, 4) is 0 Å². The monoisotopic (exact) mass is 345 g/mol. The van der Waals surface area contributed by atoms with Gasteiger partial charge in [0.15, 0.2) is 5.16 Å². The number of carbonyl (C=O) groups is 1. The molecule has 0 spiro atoms. The van der Waals surface area contributed by atoms with Crippen molar-refractivity contribution >= 4 is 28.7 Å². The minimum Gasteiger partial charge on any atom is -0.374 e. The Kier molecular flexibility index (Phi) is 4.50. The molecule has 6 heteroatoms. The fourth-order valence-corrected chi connectivity index (χ4v) is 4.56. The van der Waals surface area contributed by atoms with E-state index in [-0.39, 0.29) is 18.1 Å². The van der Waals surface area contributed by atoms with Gasteiger partial charge in [-0.05, 0) is 37.5 Å². The Hall–Kier alpha value is -1.53. The number of imidazole rings is 1. The number of aromatic amines is 1. The first kappa shape index (κ1) is 16.0. The Morgan fingerprint density at radius 3 is 3.21 bits per heavy atom. The molecule has 1 aliphatic heterocycles. The van der Waals surface area contributed by atoms with Gasteiger partial charge >= 0.3 is 0 Å². The maximum atomic E-state index is 12.7. The van der Waals surface area contributed by atoms with Crippen LogP contribution in [0.25, 0.3) is 11.0 Å². The minimum absolute atomic E-state index is 0.205. The van der Waals surface area contributed by atoms with Gasteiger partial charge in [-0.1, -0.05) is 30.7 Å². The number of hydrogen-bond donors (Lipinski definition) is 1. The van der Waals surface area contributed by atoms with Gasteiger partial charge in [0, 0.05) is 6.54 Å². The summed E-state index contributed by atoms with van der Waals surface area (Å²) in [5.74, 6) is 0.638. The lowest BCUT2D eigenvalue weighted by Gasteiger charge is -2.43. The topological polar surface area (TPSA) is 58.2 Å². The van der Waals surface area contributed by atoms with Crippen molar-refractivity contribution in [2.45, 2.75) is 49.9 Å². The summed E-state index contributed by atoms with van der Waals surface area (Å²) in [5.41, 5.74) is 3.19. The van der Waals surface area contributed by atoms with E-state index in [0.717, 1.165) is 35.6 Å². The number of nitrogens with one attached hydrogen (secondary N) is 1. The third kappa shape index (κ3) is 3.17. The van der Waals surface area contributed by atoms with Crippen LogP contribution < -0.4 is 0 Å². The molecule has 2 aliphatic rings. The normalized spacial score (nSPS) is 24.1. The van der Waals surface area contributed by atoms with Crippen LogP contribution in [0.3, 0.4) is 0 Å². The number of carbonyl (C=O) groups excluding carboxylic acids is 1. The quantitative estimate of drug-likeness (QED) is 0.868. The number of aryl methyl sites for hydroxylation is 1. The van der Waals surface area contributed by atoms with Gasteiger partial charge in [-0.3, -0.25) is 4.79 Å². The predicted molar refractivity (Wildman–Crippen MR) is 95.3 cm³/mol. The van der Waals surface area contributed by atoms with Crippen molar-refractivity contribution in [3.63, 3.8) is 0 Å². The van der Waals surface area contributed by atoms with E-state index in [9.17, 15) is 4.79 Å². The fourth-order valence-electron chi connectivity index (χ4n) is 3.79. The first-order valence-electron chi connectivity index (χ1n) is 8.71. The zero-order valence-electron chi connectivity index (χ0n) is 14.0. The van der Waals surface area contributed by atoms with E-state index in [1.807, 2.05) is 11.0 Å². The molecule has 128 valence electrons. The van der Waals surface area contributed by atoms with Crippen molar-refractivity contribution in [2.24, 2.45) is 0 Å². The van der Waals surface area contributed by atoms with Crippen molar-refractivity contribution in [1.82, 2.24) is 14.9 Å². The average Bonchev–Trinajstić information content (AvgIpc) is 3.01. The van der Waals surface area contributed by atoms with Gasteiger partial charge in [0.25, 0.3) is 0 Å². The highest BCUT2D eigenvalue weighted by atomic mass is 32.2. The van der Waals surface area contributed by atoms with Gasteiger partial charge in [0.2, 0.25) is 5.91 Å². The summed E-state index contributed by atoms with van der Waals surface area (Å²) in [6, 6.07) is 6.43. The SMILES string of the molecule is Cc1ccc2nc(SCC(=O)N3CCO[C@H]4CCCC[C@@H]43)[nH]c2c1. The van der Waals surface area contributed by atoms with Gasteiger partial charge in [0.05, 0.1) is 35.5 Å². The Bertz CT molecular complexity index is 743. The molecule has 0 bridgehead atoms. The third-order valence-electron chi connectivity index (χ3n) is 5.00. The highest BCUT2D eigenvalue weighted by Crippen LogP contribution is 2.29. The Balaban J connectivity index is 1.41. The molecule has 5 nitrogen and oxygen atoms in total. The van der Waals surface area contributed by atoms with Crippen LogP contribution in [0, 0.1) is 6.92 Å². The van der Waals surface area contributed by atoms with E-state index in [1.54, 1.807) is 0 Å². The molecular formula is C18H23N3O2S. The number of nitrogens with zero attached hydrogens (tertiary/aromatic N) is 2. The Morgan fingerprint density at radius 2 is 2.29 bits per heavy atom.